The molecule has 116 valence electrons. The summed E-state index contributed by atoms with van der Waals surface area (Å²) in [5, 5.41) is 0.594. The fraction of sp³-hybridized carbons (Fsp3) is 0.111. The van der Waals surface area contributed by atoms with E-state index >= 15 is 0 Å². The number of aliphatic imine (C=N–C) groups is 1. The fourth-order valence-electron chi connectivity index (χ4n) is 2.20. The largest absolute Gasteiger partial charge is 0.493 e. The third-order valence-electron chi connectivity index (χ3n) is 3.19. The molecule has 0 fully saturated rings. The lowest BCUT2D eigenvalue weighted by Gasteiger charge is -2.08. The van der Waals surface area contributed by atoms with Crippen LogP contribution in [-0.4, -0.2) is 18.5 Å². The molecule has 0 amide bonds. The molecule has 0 saturated heterocycles. The summed E-state index contributed by atoms with van der Waals surface area (Å²) >= 11 is 5.95. The molecule has 1 aliphatic heterocycles. The molecular weight excluding hydrogens is 314 g/mol. The number of hydrogen-bond acceptors (Lipinski definition) is 4. The van der Waals surface area contributed by atoms with Crippen molar-refractivity contribution in [2.75, 3.05) is 6.61 Å². The van der Waals surface area contributed by atoms with Gasteiger partial charge in [0.05, 0.1) is 12.2 Å². The van der Waals surface area contributed by atoms with Gasteiger partial charge >= 0.3 is 5.97 Å². The SMILES string of the molecule is CCOc1ccccc1C1=N/C(=C\c2cccc(Cl)c2)C(=O)O1. The Hall–Kier alpha value is -2.59. The van der Waals surface area contributed by atoms with Crippen LogP contribution in [0.5, 0.6) is 5.75 Å². The number of hydrogen-bond donors (Lipinski definition) is 0. The van der Waals surface area contributed by atoms with Crippen LogP contribution >= 0.6 is 11.6 Å². The summed E-state index contributed by atoms with van der Waals surface area (Å²) in [6, 6.07) is 14.5. The third-order valence-corrected chi connectivity index (χ3v) is 3.42. The van der Waals surface area contributed by atoms with Crippen molar-refractivity contribution in [3.05, 3.63) is 70.4 Å². The Morgan fingerprint density at radius 2 is 2.04 bits per heavy atom. The van der Waals surface area contributed by atoms with Gasteiger partial charge in [-0.15, -0.1) is 0 Å². The number of carbonyl (C=O) groups is 1. The monoisotopic (exact) mass is 327 g/mol. The van der Waals surface area contributed by atoms with Gasteiger partial charge in [-0.25, -0.2) is 9.79 Å². The van der Waals surface area contributed by atoms with Crippen LogP contribution in [0.1, 0.15) is 18.1 Å². The molecule has 5 heteroatoms. The standard InChI is InChI=1S/C18H14ClNO3/c1-2-22-16-9-4-3-8-14(16)17-20-15(18(21)23-17)11-12-6-5-7-13(19)10-12/h3-11H,2H2,1H3/b15-11-. The molecule has 0 aromatic heterocycles. The first-order chi connectivity index (χ1) is 11.2. The van der Waals surface area contributed by atoms with Gasteiger partial charge in [-0.3, -0.25) is 0 Å². The second-order valence-corrected chi connectivity index (χ2v) is 5.26. The van der Waals surface area contributed by atoms with E-state index in [-0.39, 0.29) is 11.6 Å². The third kappa shape index (κ3) is 3.43. The van der Waals surface area contributed by atoms with Gasteiger partial charge < -0.3 is 9.47 Å². The zero-order valence-electron chi connectivity index (χ0n) is 12.5. The molecule has 1 heterocycles. The van der Waals surface area contributed by atoms with E-state index in [2.05, 4.69) is 4.99 Å². The molecule has 0 spiro atoms. The van der Waals surface area contributed by atoms with Crippen LogP contribution in [0.15, 0.2) is 59.2 Å². The number of benzene rings is 2. The van der Waals surface area contributed by atoms with Crippen molar-refractivity contribution in [3.63, 3.8) is 0 Å². The zero-order valence-corrected chi connectivity index (χ0v) is 13.2. The molecule has 3 rings (SSSR count). The lowest BCUT2D eigenvalue weighted by Crippen LogP contribution is -2.07. The Labute approximate surface area is 139 Å². The first-order valence-corrected chi connectivity index (χ1v) is 7.55. The van der Waals surface area contributed by atoms with Gasteiger partial charge in [0, 0.05) is 5.02 Å². The van der Waals surface area contributed by atoms with Gasteiger partial charge in [0.25, 0.3) is 0 Å². The predicted molar refractivity (Wildman–Crippen MR) is 89.7 cm³/mol. The molecule has 23 heavy (non-hydrogen) atoms. The Balaban J connectivity index is 1.96. The van der Waals surface area contributed by atoms with Crippen LogP contribution in [0.25, 0.3) is 6.08 Å². The predicted octanol–water partition coefficient (Wildman–Crippen LogP) is 4.08. The quantitative estimate of drug-likeness (QED) is 0.628. The van der Waals surface area contributed by atoms with Crippen molar-refractivity contribution >= 4 is 29.5 Å². The summed E-state index contributed by atoms with van der Waals surface area (Å²) in [5.41, 5.74) is 1.67. The van der Waals surface area contributed by atoms with E-state index in [4.69, 9.17) is 21.1 Å². The Morgan fingerprint density at radius 1 is 1.22 bits per heavy atom. The van der Waals surface area contributed by atoms with Crippen molar-refractivity contribution in [2.45, 2.75) is 6.92 Å². The van der Waals surface area contributed by atoms with Gasteiger partial charge in [0.15, 0.2) is 5.70 Å². The van der Waals surface area contributed by atoms with Crippen molar-refractivity contribution in [1.82, 2.24) is 0 Å². The topological polar surface area (TPSA) is 47.9 Å². The number of para-hydroxylation sites is 1. The van der Waals surface area contributed by atoms with Crippen molar-refractivity contribution in [1.29, 1.82) is 0 Å². The van der Waals surface area contributed by atoms with Crippen LogP contribution < -0.4 is 4.74 Å². The molecule has 2 aromatic rings. The minimum atomic E-state index is -0.494. The van der Waals surface area contributed by atoms with E-state index in [1.165, 1.54) is 0 Å². The molecule has 1 aliphatic rings. The van der Waals surface area contributed by atoms with Gasteiger partial charge in [0.1, 0.15) is 5.75 Å². The van der Waals surface area contributed by atoms with Crippen LogP contribution in [0.4, 0.5) is 0 Å². The molecule has 0 N–H and O–H groups in total. The van der Waals surface area contributed by atoms with E-state index in [9.17, 15) is 4.79 Å². The number of rotatable bonds is 4. The van der Waals surface area contributed by atoms with Crippen LogP contribution in [0.3, 0.4) is 0 Å². The highest BCUT2D eigenvalue weighted by molar-refractivity contribution is 6.30. The van der Waals surface area contributed by atoms with E-state index in [1.807, 2.05) is 37.3 Å². The minimum Gasteiger partial charge on any atom is -0.493 e. The first kappa shape index (κ1) is 15.3. The summed E-state index contributed by atoms with van der Waals surface area (Å²) in [6.45, 7) is 2.41. The molecule has 0 aliphatic carbocycles. The summed E-state index contributed by atoms with van der Waals surface area (Å²) in [6.07, 6.45) is 1.64. The summed E-state index contributed by atoms with van der Waals surface area (Å²) in [7, 11) is 0. The number of ether oxygens (including phenoxy) is 2. The normalized spacial score (nSPS) is 15.5. The number of nitrogens with zero attached hydrogens (tertiary/aromatic N) is 1. The van der Waals surface area contributed by atoms with Crippen molar-refractivity contribution in [2.24, 2.45) is 4.99 Å². The number of cyclic esters (lactones) is 1. The average Bonchev–Trinajstić information content (AvgIpc) is 2.89. The molecule has 0 unspecified atom stereocenters. The highest BCUT2D eigenvalue weighted by atomic mass is 35.5. The van der Waals surface area contributed by atoms with Gasteiger partial charge in [-0.05, 0) is 42.8 Å². The summed E-state index contributed by atoms with van der Waals surface area (Å²) < 4.78 is 10.8. The van der Waals surface area contributed by atoms with E-state index in [0.29, 0.717) is 22.9 Å². The molecule has 0 saturated carbocycles. The number of halogens is 1. The van der Waals surface area contributed by atoms with Gasteiger partial charge in [0.2, 0.25) is 5.90 Å². The fourth-order valence-corrected chi connectivity index (χ4v) is 2.40. The van der Waals surface area contributed by atoms with Crippen LogP contribution in [0, 0.1) is 0 Å². The average molecular weight is 328 g/mol. The van der Waals surface area contributed by atoms with Crippen molar-refractivity contribution < 1.29 is 14.3 Å². The zero-order chi connectivity index (χ0) is 16.2. The summed E-state index contributed by atoms with van der Waals surface area (Å²) in [5.74, 6) is 0.379. The van der Waals surface area contributed by atoms with Gasteiger partial charge in [-0.2, -0.15) is 0 Å². The second-order valence-electron chi connectivity index (χ2n) is 4.82. The molecule has 0 bridgehead atoms. The maximum Gasteiger partial charge on any atom is 0.363 e. The van der Waals surface area contributed by atoms with Crippen LogP contribution in [-0.2, 0) is 9.53 Å². The highest BCUT2D eigenvalue weighted by Crippen LogP contribution is 2.25. The number of carbonyl (C=O) groups excluding carboxylic acids is 1. The lowest BCUT2D eigenvalue weighted by molar-refractivity contribution is -0.129. The molecule has 0 atom stereocenters. The second kappa shape index (κ2) is 6.67. The maximum atomic E-state index is 12.0. The van der Waals surface area contributed by atoms with Gasteiger partial charge in [-0.1, -0.05) is 35.9 Å². The maximum absolute atomic E-state index is 12.0. The first-order valence-electron chi connectivity index (χ1n) is 7.17. The minimum absolute atomic E-state index is 0.230. The molecule has 2 aromatic carbocycles. The molecular formula is C18H14ClNO3. The lowest BCUT2D eigenvalue weighted by atomic mass is 10.2. The smallest absolute Gasteiger partial charge is 0.363 e. The Kier molecular flexibility index (Phi) is 4.44. The summed E-state index contributed by atoms with van der Waals surface area (Å²) in [4.78, 5) is 16.3. The Bertz CT molecular complexity index is 811. The van der Waals surface area contributed by atoms with E-state index < -0.39 is 5.97 Å². The highest BCUT2D eigenvalue weighted by Gasteiger charge is 2.26. The van der Waals surface area contributed by atoms with E-state index in [1.54, 1.807) is 24.3 Å². The Morgan fingerprint density at radius 3 is 2.83 bits per heavy atom. The van der Waals surface area contributed by atoms with E-state index in [0.717, 1.165) is 5.56 Å². The molecule has 4 nitrogen and oxygen atoms in total. The molecule has 0 radical (unpaired) electrons. The van der Waals surface area contributed by atoms with Crippen molar-refractivity contribution in [3.8, 4) is 5.75 Å². The number of esters is 1. The van der Waals surface area contributed by atoms with Crippen LogP contribution in [0.2, 0.25) is 5.02 Å².